The van der Waals surface area contributed by atoms with E-state index in [1.807, 2.05) is 0 Å². The smallest absolute Gasteiger partial charge is 0.224 e. The molecule has 0 aromatic rings. The zero-order valence-corrected chi connectivity index (χ0v) is 11.8. The van der Waals surface area contributed by atoms with Crippen LogP contribution in [0.5, 0.6) is 0 Å². The van der Waals surface area contributed by atoms with Gasteiger partial charge in [0.25, 0.3) is 0 Å². The van der Waals surface area contributed by atoms with E-state index in [1.165, 1.54) is 0 Å². The Hall–Kier alpha value is -1.06. The van der Waals surface area contributed by atoms with E-state index < -0.39 is 9.84 Å². The Morgan fingerprint density at radius 3 is 2.74 bits per heavy atom. The summed E-state index contributed by atoms with van der Waals surface area (Å²) in [5, 5.41) is 3.09. The second-order valence-corrected chi connectivity index (χ2v) is 7.62. The van der Waals surface area contributed by atoms with Gasteiger partial charge in [-0.05, 0) is 18.8 Å². The minimum Gasteiger partial charge on any atom is -0.331 e. The fraction of sp³-hybridized carbons (Fsp3) is 0.769. The molecule has 1 aliphatic heterocycles. The summed E-state index contributed by atoms with van der Waals surface area (Å²) in [5.41, 5.74) is 0. The third-order valence-corrected chi connectivity index (χ3v) is 5.27. The number of nitrogens with one attached hydrogen (secondary N) is 1. The number of hydrogen-bond acceptors (Lipinski definition) is 4. The zero-order chi connectivity index (χ0) is 13.9. The van der Waals surface area contributed by atoms with Crippen molar-refractivity contribution >= 4 is 15.7 Å². The Labute approximate surface area is 114 Å². The van der Waals surface area contributed by atoms with Gasteiger partial charge in [0.2, 0.25) is 5.91 Å². The molecule has 6 heteroatoms. The SMILES string of the molecule is C#CCN(CC1CC1)C(=O)CC1CS(=O)(=O)CCN1. The van der Waals surface area contributed by atoms with Gasteiger partial charge in [0, 0.05) is 25.6 Å². The average Bonchev–Trinajstić information content (AvgIpc) is 3.11. The first kappa shape index (κ1) is 14.4. The van der Waals surface area contributed by atoms with E-state index in [-0.39, 0.29) is 29.9 Å². The van der Waals surface area contributed by atoms with Gasteiger partial charge < -0.3 is 10.2 Å². The standard InChI is InChI=1S/C13H20N2O3S/c1-2-6-15(9-11-3-4-11)13(16)8-12-10-19(17,18)7-5-14-12/h1,11-12,14H,3-10H2. The quantitative estimate of drug-likeness (QED) is 0.700. The molecule has 0 aromatic heterocycles. The number of terminal acetylenes is 1. The number of sulfone groups is 1. The zero-order valence-electron chi connectivity index (χ0n) is 11.0. The Bertz CT molecular complexity index is 477. The van der Waals surface area contributed by atoms with Crippen LogP contribution in [0.3, 0.4) is 0 Å². The van der Waals surface area contributed by atoms with Gasteiger partial charge in [0.05, 0.1) is 18.1 Å². The summed E-state index contributed by atoms with van der Waals surface area (Å²) < 4.78 is 23.1. The molecule has 2 fully saturated rings. The Morgan fingerprint density at radius 2 is 2.16 bits per heavy atom. The fourth-order valence-corrected chi connectivity index (χ4v) is 3.76. The van der Waals surface area contributed by atoms with Crippen molar-refractivity contribution < 1.29 is 13.2 Å². The van der Waals surface area contributed by atoms with E-state index in [2.05, 4.69) is 11.2 Å². The number of carbonyl (C=O) groups is 1. The normalized spacial score (nSPS) is 25.5. The van der Waals surface area contributed by atoms with Gasteiger partial charge in [-0.25, -0.2) is 8.42 Å². The lowest BCUT2D eigenvalue weighted by molar-refractivity contribution is -0.131. The second kappa shape index (κ2) is 5.93. The maximum absolute atomic E-state index is 12.2. The first-order valence-corrected chi connectivity index (χ1v) is 8.47. The van der Waals surface area contributed by atoms with Gasteiger partial charge in [-0.1, -0.05) is 5.92 Å². The first-order valence-electron chi connectivity index (χ1n) is 6.65. The maximum atomic E-state index is 12.2. The maximum Gasteiger partial charge on any atom is 0.224 e. The Kier molecular flexibility index (Phi) is 4.48. The molecule has 106 valence electrons. The molecule has 5 nitrogen and oxygen atoms in total. The van der Waals surface area contributed by atoms with E-state index in [1.54, 1.807) is 4.90 Å². The predicted octanol–water partition coefficient (Wildman–Crippen LogP) is -0.365. The largest absolute Gasteiger partial charge is 0.331 e. The van der Waals surface area contributed by atoms with Crippen molar-refractivity contribution in [3.05, 3.63) is 0 Å². The highest BCUT2D eigenvalue weighted by molar-refractivity contribution is 7.91. The molecule has 0 radical (unpaired) electrons. The van der Waals surface area contributed by atoms with Gasteiger partial charge in [-0.2, -0.15) is 0 Å². The summed E-state index contributed by atoms with van der Waals surface area (Å²) >= 11 is 0. The number of carbonyl (C=O) groups excluding carboxylic acids is 1. The van der Waals surface area contributed by atoms with E-state index in [4.69, 9.17) is 6.42 Å². The lowest BCUT2D eigenvalue weighted by Gasteiger charge is -2.26. The molecule has 0 aromatic carbocycles. The molecule has 1 N–H and O–H groups in total. The highest BCUT2D eigenvalue weighted by Crippen LogP contribution is 2.29. The molecule has 0 bridgehead atoms. The highest BCUT2D eigenvalue weighted by Gasteiger charge is 2.30. The van der Waals surface area contributed by atoms with E-state index in [9.17, 15) is 13.2 Å². The molecule has 2 rings (SSSR count). The van der Waals surface area contributed by atoms with Gasteiger partial charge in [0.1, 0.15) is 0 Å². The third-order valence-electron chi connectivity index (χ3n) is 3.53. The van der Waals surface area contributed by atoms with Crippen molar-refractivity contribution in [2.24, 2.45) is 5.92 Å². The summed E-state index contributed by atoms with van der Waals surface area (Å²) in [4.78, 5) is 13.9. The molecule has 19 heavy (non-hydrogen) atoms. The van der Waals surface area contributed by atoms with Crippen LogP contribution >= 0.6 is 0 Å². The van der Waals surface area contributed by atoms with Crippen molar-refractivity contribution in [1.29, 1.82) is 0 Å². The molecule has 0 spiro atoms. The summed E-state index contributed by atoms with van der Waals surface area (Å²) in [7, 11) is -3.00. The third kappa shape index (κ3) is 4.51. The van der Waals surface area contributed by atoms with Crippen LogP contribution in [0.4, 0.5) is 0 Å². The molecule has 1 amide bonds. The van der Waals surface area contributed by atoms with Crippen LogP contribution in [0, 0.1) is 18.3 Å². The van der Waals surface area contributed by atoms with E-state index in [0.29, 0.717) is 25.6 Å². The molecular weight excluding hydrogens is 264 g/mol. The van der Waals surface area contributed by atoms with Crippen LogP contribution in [-0.4, -0.2) is 56.4 Å². The summed E-state index contributed by atoms with van der Waals surface area (Å²) in [6.45, 7) is 1.45. The van der Waals surface area contributed by atoms with Gasteiger partial charge in [0.15, 0.2) is 9.84 Å². The summed E-state index contributed by atoms with van der Waals surface area (Å²) in [6, 6.07) is -0.272. The number of nitrogens with zero attached hydrogens (tertiary/aromatic N) is 1. The van der Waals surface area contributed by atoms with Crippen molar-refractivity contribution in [2.75, 3.05) is 31.1 Å². The van der Waals surface area contributed by atoms with Crippen LogP contribution in [0.2, 0.25) is 0 Å². The highest BCUT2D eigenvalue weighted by atomic mass is 32.2. The molecule has 1 aliphatic carbocycles. The van der Waals surface area contributed by atoms with Gasteiger partial charge >= 0.3 is 0 Å². The van der Waals surface area contributed by atoms with Crippen LogP contribution in [0.1, 0.15) is 19.3 Å². The molecule has 1 saturated carbocycles. The van der Waals surface area contributed by atoms with Crippen LogP contribution < -0.4 is 5.32 Å². The first-order chi connectivity index (χ1) is 9.00. The topological polar surface area (TPSA) is 66.5 Å². The predicted molar refractivity (Wildman–Crippen MR) is 73.2 cm³/mol. The fourth-order valence-electron chi connectivity index (χ4n) is 2.32. The van der Waals surface area contributed by atoms with Gasteiger partial charge in [-0.3, -0.25) is 4.79 Å². The van der Waals surface area contributed by atoms with E-state index >= 15 is 0 Å². The summed E-state index contributed by atoms with van der Waals surface area (Å²) in [6.07, 6.45) is 7.81. The average molecular weight is 284 g/mol. The molecule has 1 heterocycles. The lowest BCUT2D eigenvalue weighted by Crippen LogP contribution is -2.48. The number of hydrogen-bond donors (Lipinski definition) is 1. The van der Waals surface area contributed by atoms with Crippen LogP contribution in [-0.2, 0) is 14.6 Å². The molecular formula is C13H20N2O3S. The lowest BCUT2D eigenvalue weighted by atomic mass is 10.2. The summed E-state index contributed by atoms with van der Waals surface area (Å²) in [5.74, 6) is 3.25. The van der Waals surface area contributed by atoms with Crippen LogP contribution in [0.25, 0.3) is 0 Å². The Balaban J connectivity index is 1.88. The van der Waals surface area contributed by atoms with Crippen molar-refractivity contribution in [3.8, 4) is 12.3 Å². The number of amides is 1. The second-order valence-electron chi connectivity index (χ2n) is 5.39. The minimum atomic E-state index is -3.00. The monoisotopic (exact) mass is 284 g/mol. The molecule has 1 unspecified atom stereocenters. The Morgan fingerprint density at radius 1 is 1.42 bits per heavy atom. The molecule has 2 aliphatic rings. The minimum absolute atomic E-state index is 0.0422. The molecule has 1 saturated heterocycles. The van der Waals surface area contributed by atoms with Crippen molar-refractivity contribution in [3.63, 3.8) is 0 Å². The number of rotatable bonds is 5. The van der Waals surface area contributed by atoms with Crippen molar-refractivity contribution in [2.45, 2.75) is 25.3 Å². The van der Waals surface area contributed by atoms with Crippen molar-refractivity contribution in [1.82, 2.24) is 10.2 Å². The van der Waals surface area contributed by atoms with Gasteiger partial charge in [-0.15, -0.1) is 6.42 Å². The van der Waals surface area contributed by atoms with E-state index in [0.717, 1.165) is 12.8 Å². The molecule has 1 atom stereocenters. The van der Waals surface area contributed by atoms with Crippen LogP contribution in [0.15, 0.2) is 0 Å².